The molecule has 0 radical (unpaired) electrons. The summed E-state index contributed by atoms with van der Waals surface area (Å²) >= 11 is 0. The predicted molar refractivity (Wildman–Crippen MR) is 71.4 cm³/mol. The zero-order chi connectivity index (χ0) is 14.4. The van der Waals surface area contributed by atoms with Crippen LogP contribution < -0.4 is 10.6 Å². The van der Waals surface area contributed by atoms with Crippen molar-refractivity contribution in [1.82, 2.24) is 15.6 Å². The number of aromatic nitrogens is 1. The maximum absolute atomic E-state index is 13.3. The Hall–Kier alpha value is -2.63. The monoisotopic (exact) mass is 275 g/mol. The van der Waals surface area contributed by atoms with E-state index in [0.717, 1.165) is 5.56 Å². The van der Waals surface area contributed by atoms with E-state index in [4.69, 9.17) is 0 Å². The molecular weight excluding hydrogens is 261 g/mol. The predicted octanol–water partition coefficient (Wildman–Crippen LogP) is 1.20. The van der Waals surface area contributed by atoms with Crippen LogP contribution in [-0.4, -0.2) is 23.3 Å². The third-order valence-electron chi connectivity index (χ3n) is 2.68. The first-order chi connectivity index (χ1) is 9.66. The van der Waals surface area contributed by atoms with Gasteiger partial charge in [-0.15, -0.1) is 0 Å². The van der Waals surface area contributed by atoms with Gasteiger partial charge in [0.2, 0.25) is 5.91 Å². The Morgan fingerprint density at radius 3 is 2.65 bits per heavy atom. The Balaban J connectivity index is 1.78. The van der Waals surface area contributed by atoms with E-state index in [-0.39, 0.29) is 18.0 Å². The summed E-state index contributed by atoms with van der Waals surface area (Å²) in [6.45, 7) is 0.176. The summed E-state index contributed by atoms with van der Waals surface area (Å²) in [6.07, 6.45) is 3.51. The Labute approximate surface area is 115 Å². The second kappa shape index (κ2) is 6.51. The fourth-order valence-corrected chi connectivity index (χ4v) is 1.63. The van der Waals surface area contributed by atoms with Crippen LogP contribution in [0.5, 0.6) is 0 Å². The highest BCUT2D eigenvalue weighted by Crippen LogP contribution is 2.05. The highest BCUT2D eigenvalue weighted by molar-refractivity contribution is 5.96. The minimum atomic E-state index is -0.613. The summed E-state index contributed by atoms with van der Waals surface area (Å²) in [7, 11) is 0. The van der Waals surface area contributed by atoms with Gasteiger partial charge < -0.3 is 15.6 Å². The van der Waals surface area contributed by atoms with E-state index in [9.17, 15) is 14.0 Å². The number of amides is 2. The molecule has 0 aliphatic carbocycles. The SMILES string of the molecule is O=C(CNC(=O)c1ccccc1F)NCc1cc[nH]c1. The number of aromatic amines is 1. The van der Waals surface area contributed by atoms with Gasteiger partial charge in [-0.05, 0) is 23.8 Å². The van der Waals surface area contributed by atoms with Crippen LogP contribution in [0.4, 0.5) is 4.39 Å². The molecule has 0 aliphatic rings. The molecule has 0 unspecified atom stereocenters. The molecular formula is C14H14FN3O2. The van der Waals surface area contributed by atoms with Crippen LogP contribution in [0.3, 0.4) is 0 Å². The number of hydrogen-bond acceptors (Lipinski definition) is 2. The zero-order valence-corrected chi connectivity index (χ0v) is 10.7. The molecule has 104 valence electrons. The van der Waals surface area contributed by atoms with Gasteiger partial charge in [0, 0.05) is 18.9 Å². The topological polar surface area (TPSA) is 74.0 Å². The fraction of sp³-hybridized carbons (Fsp3) is 0.143. The average Bonchev–Trinajstić information content (AvgIpc) is 2.96. The molecule has 0 bridgehead atoms. The summed E-state index contributed by atoms with van der Waals surface area (Å²) < 4.78 is 13.3. The van der Waals surface area contributed by atoms with Crippen LogP contribution in [-0.2, 0) is 11.3 Å². The first-order valence-electron chi connectivity index (χ1n) is 6.08. The molecule has 0 saturated carbocycles. The number of hydrogen-bond donors (Lipinski definition) is 3. The van der Waals surface area contributed by atoms with Gasteiger partial charge >= 0.3 is 0 Å². The molecule has 0 spiro atoms. The molecule has 2 aromatic rings. The number of rotatable bonds is 5. The van der Waals surface area contributed by atoms with E-state index in [2.05, 4.69) is 15.6 Å². The van der Waals surface area contributed by atoms with Crippen molar-refractivity contribution in [2.45, 2.75) is 6.54 Å². The van der Waals surface area contributed by atoms with Gasteiger partial charge in [-0.25, -0.2) is 4.39 Å². The summed E-state index contributed by atoms with van der Waals surface area (Å²) in [5.74, 6) is -1.56. The number of benzene rings is 1. The van der Waals surface area contributed by atoms with Crippen molar-refractivity contribution >= 4 is 11.8 Å². The lowest BCUT2D eigenvalue weighted by Gasteiger charge is -2.06. The summed E-state index contributed by atoms with van der Waals surface area (Å²) in [6, 6.07) is 7.45. The van der Waals surface area contributed by atoms with Crippen LogP contribution in [0.15, 0.2) is 42.7 Å². The highest BCUT2D eigenvalue weighted by atomic mass is 19.1. The molecule has 1 heterocycles. The molecule has 0 atom stereocenters. The summed E-state index contributed by atoms with van der Waals surface area (Å²) in [5.41, 5.74) is 0.852. The van der Waals surface area contributed by atoms with Crippen LogP contribution in [0, 0.1) is 5.82 Å². The van der Waals surface area contributed by atoms with Gasteiger partial charge in [0.05, 0.1) is 12.1 Å². The van der Waals surface area contributed by atoms with Gasteiger partial charge in [-0.3, -0.25) is 9.59 Å². The number of carbonyl (C=O) groups excluding carboxylic acids is 2. The van der Waals surface area contributed by atoms with Crippen molar-refractivity contribution < 1.29 is 14.0 Å². The lowest BCUT2D eigenvalue weighted by Crippen LogP contribution is -2.36. The van der Waals surface area contributed by atoms with E-state index in [0.29, 0.717) is 6.54 Å². The van der Waals surface area contributed by atoms with Crippen LogP contribution in [0.2, 0.25) is 0 Å². The molecule has 3 N–H and O–H groups in total. The maximum Gasteiger partial charge on any atom is 0.254 e. The standard InChI is InChI=1S/C14H14FN3O2/c15-12-4-2-1-3-11(12)14(20)18-9-13(19)17-8-10-5-6-16-7-10/h1-7,16H,8-9H2,(H,17,19)(H,18,20). The lowest BCUT2D eigenvalue weighted by molar-refractivity contribution is -0.120. The van der Waals surface area contributed by atoms with E-state index < -0.39 is 11.7 Å². The van der Waals surface area contributed by atoms with Crippen LogP contribution >= 0.6 is 0 Å². The minimum Gasteiger partial charge on any atom is -0.367 e. The molecule has 2 amide bonds. The van der Waals surface area contributed by atoms with Gasteiger partial charge in [-0.1, -0.05) is 12.1 Å². The van der Waals surface area contributed by atoms with Gasteiger partial charge in [0.25, 0.3) is 5.91 Å². The third kappa shape index (κ3) is 3.68. The Morgan fingerprint density at radius 2 is 1.95 bits per heavy atom. The maximum atomic E-state index is 13.3. The van der Waals surface area contributed by atoms with Crippen molar-refractivity contribution in [2.24, 2.45) is 0 Å². The Kier molecular flexibility index (Phi) is 4.49. The number of halogens is 1. The molecule has 1 aromatic heterocycles. The first-order valence-corrected chi connectivity index (χ1v) is 6.08. The van der Waals surface area contributed by atoms with Crippen LogP contribution in [0.25, 0.3) is 0 Å². The minimum absolute atomic E-state index is 0.0778. The summed E-state index contributed by atoms with van der Waals surface area (Å²) in [4.78, 5) is 26.1. The molecule has 1 aromatic carbocycles. The number of carbonyl (C=O) groups is 2. The second-order valence-electron chi connectivity index (χ2n) is 4.16. The van der Waals surface area contributed by atoms with Crippen LogP contribution in [0.1, 0.15) is 15.9 Å². The smallest absolute Gasteiger partial charge is 0.254 e. The second-order valence-corrected chi connectivity index (χ2v) is 4.16. The van der Waals surface area contributed by atoms with Crippen molar-refractivity contribution in [2.75, 3.05) is 6.54 Å². The van der Waals surface area contributed by atoms with E-state index in [1.54, 1.807) is 18.5 Å². The highest BCUT2D eigenvalue weighted by Gasteiger charge is 2.11. The van der Waals surface area contributed by atoms with E-state index in [1.807, 2.05) is 6.07 Å². The number of H-pyrrole nitrogens is 1. The summed E-state index contributed by atoms with van der Waals surface area (Å²) in [5, 5.41) is 5.01. The molecule has 2 rings (SSSR count). The molecule has 0 fully saturated rings. The van der Waals surface area contributed by atoms with Gasteiger partial charge in [0.15, 0.2) is 0 Å². The fourth-order valence-electron chi connectivity index (χ4n) is 1.63. The third-order valence-corrected chi connectivity index (χ3v) is 2.68. The van der Waals surface area contributed by atoms with Crippen molar-refractivity contribution in [1.29, 1.82) is 0 Å². The van der Waals surface area contributed by atoms with Crippen molar-refractivity contribution in [3.05, 3.63) is 59.7 Å². The van der Waals surface area contributed by atoms with Gasteiger partial charge in [-0.2, -0.15) is 0 Å². The Bertz CT molecular complexity index is 596. The largest absolute Gasteiger partial charge is 0.367 e. The average molecular weight is 275 g/mol. The normalized spacial score (nSPS) is 10.1. The number of nitrogens with one attached hydrogen (secondary N) is 3. The van der Waals surface area contributed by atoms with E-state index >= 15 is 0 Å². The lowest BCUT2D eigenvalue weighted by atomic mass is 10.2. The first kappa shape index (κ1) is 13.8. The molecule has 0 aliphatic heterocycles. The van der Waals surface area contributed by atoms with Crippen molar-refractivity contribution in [3.8, 4) is 0 Å². The van der Waals surface area contributed by atoms with E-state index in [1.165, 1.54) is 18.2 Å². The Morgan fingerprint density at radius 1 is 1.15 bits per heavy atom. The molecule has 0 saturated heterocycles. The molecule has 6 heteroatoms. The molecule has 20 heavy (non-hydrogen) atoms. The quantitative estimate of drug-likeness (QED) is 0.767. The zero-order valence-electron chi connectivity index (χ0n) is 10.7. The van der Waals surface area contributed by atoms with Gasteiger partial charge in [0.1, 0.15) is 5.82 Å². The molecule has 5 nitrogen and oxygen atoms in total. The van der Waals surface area contributed by atoms with Crippen molar-refractivity contribution in [3.63, 3.8) is 0 Å².